The van der Waals surface area contributed by atoms with Crippen molar-refractivity contribution >= 4 is 5.57 Å². The second-order valence-corrected chi connectivity index (χ2v) is 3.90. The van der Waals surface area contributed by atoms with E-state index >= 15 is 0 Å². The van der Waals surface area contributed by atoms with E-state index < -0.39 is 5.92 Å². The first-order chi connectivity index (χ1) is 7.96. The van der Waals surface area contributed by atoms with Gasteiger partial charge in [-0.3, -0.25) is 0 Å². The Morgan fingerprint density at radius 3 is 2.47 bits per heavy atom. The highest BCUT2D eigenvalue weighted by molar-refractivity contribution is 5.68. The van der Waals surface area contributed by atoms with Crippen molar-refractivity contribution in [2.45, 2.75) is 19.8 Å². The fourth-order valence-electron chi connectivity index (χ4n) is 1.58. The first-order valence-corrected chi connectivity index (χ1v) is 5.40. The molecule has 0 aromatic heterocycles. The van der Waals surface area contributed by atoms with Gasteiger partial charge in [0.05, 0.1) is 0 Å². The molecule has 0 spiro atoms. The fraction of sp³-hybridized carbons (Fsp3) is 0.200. The summed E-state index contributed by atoms with van der Waals surface area (Å²) in [6, 6.07) is 6.56. The van der Waals surface area contributed by atoms with Crippen molar-refractivity contribution in [1.29, 1.82) is 0 Å². The lowest BCUT2D eigenvalue weighted by atomic mass is 9.97. The van der Waals surface area contributed by atoms with Gasteiger partial charge in [0.15, 0.2) is 0 Å². The maximum Gasteiger partial charge on any atom is 0.271 e. The Hall–Kier alpha value is -1.70. The molecule has 0 saturated heterocycles. The predicted molar refractivity (Wildman–Crippen MR) is 69.0 cm³/mol. The van der Waals surface area contributed by atoms with Crippen LogP contribution in [0.15, 0.2) is 55.1 Å². The number of allylic oxidation sites excluding steroid dienone is 5. The monoisotopic (exact) mass is 234 g/mol. The Labute approximate surface area is 101 Å². The van der Waals surface area contributed by atoms with Crippen LogP contribution >= 0.6 is 0 Å². The molecule has 0 unspecified atom stereocenters. The normalized spacial score (nSPS) is 13.1. The van der Waals surface area contributed by atoms with Crippen molar-refractivity contribution in [3.63, 3.8) is 0 Å². The van der Waals surface area contributed by atoms with Gasteiger partial charge in [-0.1, -0.05) is 55.1 Å². The van der Waals surface area contributed by atoms with Gasteiger partial charge in [0.1, 0.15) is 0 Å². The molecule has 0 heterocycles. The number of benzene rings is 1. The second kappa shape index (κ2) is 5.58. The van der Waals surface area contributed by atoms with Gasteiger partial charge in [0.25, 0.3) is 5.92 Å². The summed E-state index contributed by atoms with van der Waals surface area (Å²) in [7, 11) is 0. The van der Waals surface area contributed by atoms with Crippen LogP contribution in [0.25, 0.3) is 5.57 Å². The zero-order chi connectivity index (χ0) is 12.9. The van der Waals surface area contributed by atoms with E-state index in [1.807, 2.05) is 6.92 Å². The highest BCUT2D eigenvalue weighted by atomic mass is 19.3. The fourth-order valence-corrected chi connectivity index (χ4v) is 1.58. The van der Waals surface area contributed by atoms with Crippen molar-refractivity contribution in [2.75, 3.05) is 0 Å². The van der Waals surface area contributed by atoms with Gasteiger partial charge < -0.3 is 0 Å². The molecule has 0 radical (unpaired) electrons. The molecule has 17 heavy (non-hydrogen) atoms. The Kier molecular flexibility index (Phi) is 4.38. The molecule has 0 N–H and O–H groups in total. The molecular formula is C15H16F2. The molecule has 0 atom stereocenters. The van der Waals surface area contributed by atoms with Crippen molar-refractivity contribution in [1.82, 2.24) is 0 Å². The van der Waals surface area contributed by atoms with Gasteiger partial charge in [-0.15, -0.1) is 0 Å². The van der Waals surface area contributed by atoms with Crippen LogP contribution in [0.1, 0.15) is 25.0 Å². The quantitative estimate of drug-likeness (QED) is 0.647. The molecule has 1 aromatic carbocycles. The number of halogens is 2. The molecule has 0 aliphatic rings. The van der Waals surface area contributed by atoms with E-state index in [0.717, 1.165) is 12.5 Å². The Balaban J connectivity index is 3.18. The molecule has 0 aliphatic carbocycles. The zero-order valence-corrected chi connectivity index (χ0v) is 10.1. The Morgan fingerprint density at radius 1 is 1.24 bits per heavy atom. The SMILES string of the molecule is C=C/C=C\C=C(/C)c1ccccc1C(C)(F)F. The molecule has 0 nitrogen and oxygen atoms in total. The van der Waals surface area contributed by atoms with E-state index in [-0.39, 0.29) is 5.56 Å². The summed E-state index contributed by atoms with van der Waals surface area (Å²) >= 11 is 0. The van der Waals surface area contributed by atoms with Gasteiger partial charge in [0, 0.05) is 12.5 Å². The minimum atomic E-state index is -2.83. The van der Waals surface area contributed by atoms with Crippen LogP contribution < -0.4 is 0 Å². The summed E-state index contributed by atoms with van der Waals surface area (Å²) < 4.78 is 26.8. The summed E-state index contributed by atoms with van der Waals surface area (Å²) in [6.07, 6.45) is 6.99. The maximum absolute atomic E-state index is 13.4. The van der Waals surface area contributed by atoms with Crippen LogP contribution in [-0.2, 0) is 5.92 Å². The average molecular weight is 234 g/mol. The lowest BCUT2D eigenvalue weighted by Crippen LogP contribution is -2.09. The highest BCUT2D eigenvalue weighted by Gasteiger charge is 2.27. The van der Waals surface area contributed by atoms with Gasteiger partial charge >= 0.3 is 0 Å². The molecule has 1 aromatic rings. The minimum Gasteiger partial charge on any atom is -0.202 e. The molecular weight excluding hydrogens is 218 g/mol. The standard InChI is InChI=1S/C15H16F2/c1-4-5-6-9-12(2)13-10-7-8-11-14(13)15(3,16)17/h4-11H,1H2,2-3H3/b6-5-,12-9+. The number of hydrogen-bond acceptors (Lipinski definition) is 0. The molecule has 0 bridgehead atoms. The molecule has 0 aliphatic heterocycles. The van der Waals surface area contributed by atoms with E-state index in [1.165, 1.54) is 6.07 Å². The molecule has 0 saturated carbocycles. The first-order valence-electron chi connectivity index (χ1n) is 5.40. The molecule has 1 rings (SSSR count). The van der Waals surface area contributed by atoms with Crippen LogP contribution in [0, 0.1) is 0 Å². The highest BCUT2D eigenvalue weighted by Crippen LogP contribution is 2.32. The topological polar surface area (TPSA) is 0 Å². The van der Waals surface area contributed by atoms with Crippen LogP contribution in [0.5, 0.6) is 0 Å². The molecule has 2 heteroatoms. The van der Waals surface area contributed by atoms with Crippen molar-refractivity contribution < 1.29 is 8.78 Å². The van der Waals surface area contributed by atoms with E-state index in [4.69, 9.17) is 0 Å². The lowest BCUT2D eigenvalue weighted by molar-refractivity contribution is 0.0172. The third kappa shape index (κ3) is 3.66. The van der Waals surface area contributed by atoms with Crippen molar-refractivity contribution in [3.8, 4) is 0 Å². The number of rotatable bonds is 4. The van der Waals surface area contributed by atoms with Crippen LogP contribution in [0.3, 0.4) is 0 Å². The minimum absolute atomic E-state index is 0.0563. The van der Waals surface area contributed by atoms with Gasteiger partial charge in [-0.25, -0.2) is 8.78 Å². The summed E-state index contributed by atoms with van der Waals surface area (Å²) in [6.45, 7) is 6.28. The zero-order valence-electron chi connectivity index (χ0n) is 10.1. The predicted octanol–water partition coefficient (Wildman–Crippen LogP) is 4.94. The summed E-state index contributed by atoms with van der Waals surface area (Å²) in [5.41, 5.74) is 1.44. The van der Waals surface area contributed by atoms with E-state index in [2.05, 4.69) is 6.58 Å². The van der Waals surface area contributed by atoms with Gasteiger partial charge in [0.2, 0.25) is 0 Å². The Morgan fingerprint density at radius 2 is 1.88 bits per heavy atom. The largest absolute Gasteiger partial charge is 0.271 e. The second-order valence-electron chi connectivity index (χ2n) is 3.90. The van der Waals surface area contributed by atoms with Crippen LogP contribution in [-0.4, -0.2) is 0 Å². The van der Waals surface area contributed by atoms with Crippen LogP contribution in [0.2, 0.25) is 0 Å². The van der Waals surface area contributed by atoms with Gasteiger partial charge in [-0.2, -0.15) is 0 Å². The maximum atomic E-state index is 13.4. The lowest BCUT2D eigenvalue weighted by Gasteiger charge is -2.15. The number of alkyl halides is 2. The molecule has 0 amide bonds. The van der Waals surface area contributed by atoms with E-state index in [0.29, 0.717) is 5.56 Å². The smallest absolute Gasteiger partial charge is 0.202 e. The first kappa shape index (κ1) is 13.4. The summed E-state index contributed by atoms with van der Waals surface area (Å²) in [5, 5.41) is 0. The molecule has 90 valence electrons. The third-order valence-corrected chi connectivity index (χ3v) is 2.42. The Bertz CT molecular complexity index is 448. The van der Waals surface area contributed by atoms with E-state index in [9.17, 15) is 8.78 Å². The average Bonchev–Trinajstić information content (AvgIpc) is 2.28. The number of hydrogen-bond donors (Lipinski definition) is 0. The third-order valence-electron chi connectivity index (χ3n) is 2.42. The van der Waals surface area contributed by atoms with Crippen molar-refractivity contribution in [3.05, 3.63) is 66.3 Å². The van der Waals surface area contributed by atoms with Crippen molar-refractivity contribution in [2.24, 2.45) is 0 Å². The van der Waals surface area contributed by atoms with Crippen LogP contribution in [0.4, 0.5) is 8.78 Å². The van der Waals surface area contributed by atoms with E-state index in [1.54, 1.807) is 42.5 Å². The molecule has 0 fully saturated rings. The summed E-state index contributed by atoms with van der Waals surface area (Å²) in [5.74, 6) is -2.83. The summed E-state index contributed by atoms with van der Waals surface area (Å²) in [4.78, 5) is 0. The van der Waals surface area contributed by atoms with Gasteiger partial charge in [-0.05, 0) is 18.1 Å².